The van der Waals surface area contributed by atoms with Crippen molar-refractivity contribution in [3.63, 3.8) is 0 Å². The van der Waals surface area contributed by atoms with Gasteiger partial charge >= 0.3 is 0 Å². The van der Waals surface area contributed by atoms with Gasteiger partial charge in [-0.05, 0) is 17.7 Å². The van der Waals surface area contributed by atoms with Crippen molar-refractivity contribution in [3.8, 4) is 11.5 Å². The first kappa shape index (κ1) is 15.8. The second-order valence-electron chi connectivity index (χ2n) is 5.41. The minimum Gasteiger partial charge on any atom is -0.493 e. The van der Waals surface area contributed by atoms with E-state index in [1.165, 1.54) is 0 Å². The summed E-state index contributed by atoms with van der Waals surface area (Å²) >= 11 is 0. The van der Waals surface area contributed by atoms with Crippen molar-refractivity contribution < 1.29 is 22.1 Å². The molecule has 2 aromatic rings. The fraction of sp³-hybridized carbons (Fsp3) is 0.294. The van der Waals surface area contributed by atoms with Crippen LogP contribution >= 0.6 is 0 Å². The quantitative estimate of drug-likeness (QED) is 0.760. The van der Waals surface area contributed by atoms with Gasteiger partial charge in [-0.15, -0.1) is 0 Å². The molecule has 0 radical (unpaired) electrons. The first-order valence-electron chi connectivity index (χ1n) is 7.31. The highest BCUT2D eigenvalue weighted by Gasteiger charge is 2.18. The largest absolute Gasteiger partial charge is 0.493 e. The Labute approximate surface area is 135 Å². The van der Waals surface area contributed by atoms with E-state index >= 15 is 0 Å². The molecule has 0 spiro atoms. The van der Waals surface area contributed by atoms with Crippen molar-refractivity contribution in [2.45, 2.75) is 19.6 Å². The molecule has 0 N–H and O–H groups in total. The standard InChI is InChI=1S/C17H18O5S/c1-23(18,19)22-12-15-10-16-14(7-8-20-16)9-17(15)21-11-13-5-3-2-4-6-13/h2-6,9-10H,7-8,11-12H2,1H3. The molecule has 0 aromatic heterocycles. The lowest BCUT2D eigenvalue weighted by Gasteiger charge is -2.13. The lowest BCUT2D eigenvalue weighted by Crippen LogP contribution is -2.05. The van der Waals surface area contributed by atoms with Crippen molar-refractivity contribution in [1.29, 1.82) is 0 Å². The normalized spacial score (nSPS) is 13.4. The van der Waals surface area contributed by atoms with Crippen LogP contribution in [-0.2, 0) is 33.9 Å². The first-order valence-corrected chi connectivity index (χ1v) is 9.13. The Morgan fingerprint density at radius 3 is 2.65 bits per heavy atom. The fourth-order valence-corrected chi connectivity index (χ4v) is 2.74. The van der Waals surface area contributed by atoms with E-state index in [2.05, 4.69) is 0 Å². The summed E-state index contributed by atoms with van der Waals surface area (Å²) in [6.07, 6.45) is 1.85. The maximum absolute atomic E-state index is 11.2. The monoisotopic (exact) mass is 334 g/mol. The molecule has 5 nitrogen and oxygen atoms in total. The molecular formula is C17H18O5S. The predicted molar refractivity (Wildman–Crippen MR) is 86.0 cm³/mol. The summed E-state index contributed by atoms with van der Waals surface area (Å²) in [6.45, 7) is 0.968. The third-order valence-corrected chi connectivity index (χ3v) is 4.08. The van der Waals surface area contributed by atoms with Gasteiger partial charge in [-0.25, -0.2) is 0 Å². The first-order chi connectivity index (χ1) is 11.0. The van der Waals surface area contributed by atoms with E-state index in [1.54, 1.807) is 6.07 Å². The molecule has 6 heteroatoms. The molecule has 0 fully saturated rings. The highest BCUT2D eigenvalue weighted by atomic mass is 32.2. The zero-order valence-electron chi connectivity index (χ0n) is 12.8. The SMILES string of the molecule is CS(=O)(=O)OCc1cc2c(cc1OCc1ccccc1)CCO2. The number of rotatable bonds is 6. The Bertz CT molecular complexity index is 784. The summed E-state index contributed by atoms with van der Waals surface area (Å²) < 4.78 is 38.8. The highest BCUT2D eigenvalue weighted by Crippen LogP contribution is 2.33. The minimum absolute atomic E-state index is 0.0698. The maximum Gasteiger partial charge on any atom is 0.264 e. The van der Waals surface area contributed by atoms with Crippen LogP contribution in [0.1, 0.15) is 16.7 Å². The van der Waals surface area contributed by atoms with Gasteiger partial charge in [0.05, 0.1) is 19.5 Å². The second-order valence-corrected chi connectivity index (χ2v) is 7.05. The van der Waals surface area contributed by atoms with Crippen molar-refractivity contribution in [2.24, 2.45) is 0 Å². The molecule has 0 amide bonds. The van der Waals surface area contributed by atoms with Crippen LogP contribution in [0.5, 0.6) is 11.5 Å². The lowest BCUT2D eigenvalue weighted by molar-refractivity contribution is 0.276. The van der Waals surface area contributed by atoms with E-state index in [-0.39, 0.29) is 6.61 Å². The molecule has 23 heavy (non-hydrogen) atoms. The van der Waals surface area contributed by atoms with Gasteiger partial charge in [0, 0.05) is 17.5 Å². The van der Waals surface area contributed by atoms with Crippen molar-refractivity contribution in [3.05, 3.63) is 59.2 Å². The summed E-state index contributed by atoms with van der Waals surface area (Å²) in [4.78, 5) is 0. The van der Waals surface area contributed by atoms with Gasteiger partial charge in [0.25, 0.3) is 10.1 Å². The molecule has 1 heterocycles. The van der Waals surface area contributed by atoms with E-state index in [1.807, 2.05) is 36.4 Å². The molecule has 1 aliphatic heterocycles. The summed E-state index contributed by atoms with van der Waals surface area (Å²) in [5.74, 6) is 1.39. The molecule has 1 aliphatic rings. The highest BCUT2D eigenvalue weighted by molar-refractivity contribution is 7.85. The van der Waals surface area contributed by atoms with Gasteiger partial charge in [0.15, 0.2) is 0 Å². The summed E-state index contributed by atoms with van der Waals surface area (Å²) in [6, 6.07) is 13.5. The van der Waals surface area contributed by atoms with E-state index in [9.17, 15) is 8.42 Å². The Balaban J connectivity index is 1.81. The number of ether oxygens (including phenoxy) is 2. The van der Waals surface area contributed by atoms with Crippen LogP contribution in [0.25, 0.3) is 0 Å². The third kappa shape index (κ3) is 4.24. The fourth-order valence-electron chi connectivity index (χ4n) is 2.40. The molecule has 0 aliphatic carbocycles. The molecule has 2 aromatic carbocycles. The van der Waals surface area contributed by atoms with E-state index in [4.69, 9.17) is 13.7 Å². The van der Waals surface area contributed by atoms with Gasteiger partial charge < -0.3 is 9.47 Å². The van der Waals surface area contributed by atoms with Gasteiger partial charge in [0.2, 0.25) is 0 Å². The lowest BCUT2D eigenvalue weighted by atomic mass is 10.1. The van der Waals surface area contributed by atoms with E-state index in [0.29, 0.717) is 24.5 Å². The topological polar surface area (TPSA) is 61.8 Å². The van der Waals surface area contributed by atoms with Crippen LogP contribution < -0.4 is 9.47 Å². The molecule has 0 bridgehead atoms. The Kier molecular flexibility index (Phi) is 4.54. The Morgan fingerprint density at radius 1 is 1.13 bits per heavy atom. The molecule has 0 atom stereocenters. The number of fused-ring (bicyclic) bond motifs is 1. The molecule has 3 rings (SSSR count). The second kappa shape index (κ2) is 6.60. The van der Waals surface area contributed by atoms with Crippen LogP contribution in [0.3, 0.4) is 0 Å². The molecule has 122 valence electrons. The van der Waals surface area contributed by atoms with Gasteiger partial charge in [-0.3, -0.25) is 4.18 Å². The summed E-state index contributed by atoms with van der Waals surface area (Å²) in [5.41, 5.74) is 2.77. The third-order valence-electron chi connectivity index (χ3n) is 3.54. The zero-order chi connectivity index (χ0) is 16.3. The number of hydrogen-bond donors (Lipinski definition) is 0. The maximum atomic E-state index is 11.2. The Hall–Kier alpha value is -2.05. The van der Waals surface area contributed by atoms with E-state index in [0.717, 1.165) is 29.6 Å². The van der Waals surface area contributed by atoms with Crippen LogP contribution in [0.15, 0.2) is 42.5 Å². The van der Waals surface area contributed by atoms with E-state index < -0.39 is 10.1 Å². The molecular weight excluding hydrogens is 316 g/mol. The molecule has 0 unspecified atom stereocenters. The Morgan fingerprint density at radius 2 is 1.91 bits per heavy atom. The van der Waals surface area contributed by atoms with Crippen LogP contribution in [0.2, 0.25) is 0 Å². The van der Waals surface area contributed by atoms with Gasteiger partial charge in [-0.1, -0.05) is 30.3 Å². The zero-order valence-corrected chi connectivity index (χ0v) is 13.6. The average molecular weight is 334 g/mol. The van der Waals surface area contributed by atoms with Crippen LogP contribution in [0.4, 0.5) is 0 Å². The average Bonchev–Trinajstić information content (AvgIpc) is 2.98. The smallest absolute Gasteiger partial charge is 0.264 e. The molecule has 0 saturated carbocycles. The van der Waals surface area contributed by atoms with Gasteiger partial charge in [0.1, 0.15) is 18.1 Å². The van der Waals surface area contributed by atoms with Gasteiger partial charge in [-0.2, -0.15) is 8.42 Å². The molecule has 0 saturated heterocycles. The van der Waals surface area contributed by atoms with Crippen molar-refractivity contribution in [2.75, 3.05) is 12.9 Å². The van der Waals surface area contributed by atoms with Crippen molar-refractivity contribution in [1.82, 2.24) is 0 Å². The number of hydrogen-bond acceptors (Lipinski definition) is 5. The number of benzene rings is 2. The predicted octanol–water partition coefficient (Wildman–Crippen LogP) is 2.68. The summed E-state index contributed by atoms with van der Waals surface area (Å²) in [7, 11) is -3.52. The summed E-state index contributed by atoms with van der Waals surface area (Å²) in [5, 5.41) is 0. The van der Waals surface area contributed by atoms with Crippen molar-refractivity contribution >= 4 is 10.1 Å². The minimum atomic E-state index is -3.52. The van der Waals surface area contributed by atoms with Crippen LogP contribution in [-0.4, -0.2) is 21.3 Å². The van der Waals surface area contributed by atoms with Crippen LogP contribution in [0, 0.1) is 0 Å².